The van der Waals surface area contributed by atoms with Gasteiger partial charge in [-0.15, -0.1) is 0 Å². The van der Waals surface area contributed by atoms with E-state index in [2.05, 4.69) is 21.2 Å². The zero-order chi connectivity index (χ0) is 9.14. The van der Waals surface area contributed by atoms with Gasteiger partial charge in [0.25, 0.3) is 0 Å². The van der Waals surface area contributed by atoms with Crippen molar-refractivity contribution in [3.8, 4) is 5.75 Å². The van der Waals surface area contributed by atoms with Gasteiger partial charge in [-0.3, -0.25) is 0 Å². The highest BCUT2D eigenvalue weighted by Gasteiger charge is 2.04. The first kappa shape index (κ1) is 9.55. The van der Waals surface area contributed by atoms with Gasteiger partial charge in [0.15, 0.2) is 0 Å². The van der Waals surface area contributed by atoms with Gasteiger partial charge in [0.05, 0.1) is 4.47 Å². The van der Waals surface area contributed by atoms with E-state index >= 15 is 0 Å². The summed E-state index contributed by atoms with van der Waals surface area (Å²) >= 11 is 3.32. The van der Waals surface area contributed by atoms with E-state index in [1.807, 2.05) is 20.0 Å². The summed E-state index contributed by atoms with van der Waals surface area (Å²) in [5, 5.41) is 12.4. The number of benzene rings is 1. The Bertz CT molecular complexity index is 286. The van der Waals surface area contributed by atoms with Crippen molar-refractivity contribution in [2.45, 2.75) is 13.5 Å². The van der Waals surface area contributed by atoms with Crippen LogP contribution in [0.5, 0.6) is 5.75 Å². The van der Waals surface area contributed by atoms with Gasteiger partial charge in [-0.2, -0.15) is 0 Å². The molecule has 0 bridgehead atoms. The molecule has 0 radical (unpaired) electrons. The Morgan fingerprint density at radius 3 is 2.75 bits per heavy atom. The second kappa shape index (κ2) is 3.92. The van der Waals surface area contributed by atoms with E-state index < -0.39 is 0 Å². The first-order valence-corrected chi connectivity index (χ1v) is 4.57. The van der Waals surface area contributed by atoms with Crippen molar-refractivity contribution >= 4 is 15.9 Å². The summed E-state index contributed by atoms with van der Waals surface area (Å²) in [5.41, 5.74) is 2.28. The molecule has 2 N–H and O–H groups in total. The largest absolute Gasteiger partial charge is 0.507 e. The topological polar surface area (TPSA) is 32.3 Å². The van der Waals surface area contributed by atoms with Crippen LogP contribution in [0.3, 0.4) is 0 Å². The number of phenols is 1. The Kier molecular flexibility index (Phi) is 3.12. The molecule has 0 aliphatic rings. The number of hydrogen-bond acceptors (Lipinski definition) is 2. The van der Waals surface area contributed by atoms with Crippen LogP contribution in [0.15, 0.2) is 16.6 Å². The molecule has 1 aromatic carbocycles. The van der Waals surface area contributed by atoms with Gasteiger partial charge in [-0.05, 0) is 47.1 Å². The minimum atomic E-state index is 0.298. The number of halogens is 1. The zero-order valence-corrected chi connectivity index (χ0v) is 8.77. The molecule has 0 saturated carbocycles. The van der Waals surface area contributed by atoms with Gasteiger partial charge >= 0.3 is 0 Å². The van der Waals surface area contributed by atoms with E-state index in [0.717, 1.165) is 16.6 Å². The molecule has 1 aromatic rings. The van der Waals surface area contributed by atoms with Gasteiger partial charge in [0.1, 0.15) is 5.75 Å². The highest BCUT2D eigenvalue weighted by atomic mass is 79.9. The van der Waals surface area contributed by atoms with E-state index in [9.17, 15) is 5.11 Å². The second-order valence-electron chi connectivity index (χ2n) is 2.71. The van der Waals surface area contributed by atoms with Crippen LogP contribution in [-0.2, 0) is 6.54 Å². The Morgan fingerprint density at radius 1 is 1.50 bits per heavy atom. The van der Waals surface area contributed by atoms with E-state index in [1.54, 1.807) is 6.07 Å². The molecule has 12 heavy (non-hydrogen) atoms. The van der Waals surface area contributed by atoms with Crippen molar-refractivity contribution in [3.63, 3.8) is 0 Å². The van der Waals surface area contributed by atoms with Crippen LogP contribution in [0, 0.1) is 6.92 Å². The molecule has 0 aromatic heterocycles. The number of nitrogens with one attached hydrogen (secondary N) is 1. The Balaban J connectivity index is 3.08. The van der Waals surface area contributed by atoms with Crippen LogP contribution in [0.4, 0.5) is 0 Å². The van der Waals surface area contributed by atoms with Crippen LogP contribution in [0.25, 0.3) is 0 Å². The molecule has 3 heteroatoms. The van der Waals surface area contributed by atoms with Crippen molar-refractivity contribution in [2.24, 2.45) is 0 Å². The fourth-order valence-electron chi connectivity index (χ4n) is 1.09. The molecule has 0 amide bonds. The van der Waals surface area contributed by atoms with Crippen molar-refractivity contribution in [1.82, 2.24) is 5.32 Å². The van der Waals surface area contributed by atoms with E-state index in [1.165, 1.54) is 5.56 Å². The highest BCUT2D eigenvalue weighted by molar-refractivity contribution is 9.10. The SMILES string of the molecule is CNCc1ccc(O)c(Br)c1C. The predicted octanol–water partition coefficient (Wildman–Crippen LogP) is 2.18. The number of phenolic OH excluding ortho intramolecular Hbond substituents is 1. The molecule has 0 fully saturated rings. The van der Waals surface area contributed by atoms with E-state index in [0.29, 0.717) is 5.75 Å². The summed E-state index contributed by atoms with van der Waals surface area (Å²) in [6, 6.07) is 3.62. The lowest BCUT2D eigenvalue weighted by Crippen LogP contribution is -2.06. The van der Waals surface area contributed by atoms with Crippen molar-refractivity contribution in [1.29, 1.82) is 0 Å². The maximum atomic E-state index is 9.33. The Labute approximate surface area is 80.7 Å². The van der Waals surface area contributed by atoms with E-state index in [4.69, 9.17) is 0 Å². The fourth-order valence-corrected chi connectivity index (χ4v) is 1.48. The molecule has 0 spiro atoms. The number of aromatic hydroxyl groups is 1. The molecule has 0 atom stereocenters. The third-order valence-electron chi connectivity index (χ3n) is 1.85. The minimum absolute atomic E-state index is 0.298. The first-order valence-electron chi connectivity index (χ1n) is 3.78. The average molecular weight is 230 g/mol. The third kappa shape index (κ3) is 1.79. The smallest absolute Gasteiger partial charge is 0.130 e. The molecule has 1 rings (SSSR count). The standard InChI is InChI=1S/C9H12BrNO/c1-6-7(5-11-2)3-4-8(12)9(6)10/h3-4,11-12H,5H2,1-2H3. The molecule has 0 unspecified atom stereocenters. The predicted molar refractivity (Wildman–Crippen MR) is 53.3 cm³/mol. The molecule has 0 aliphatic carbocycles. The molecule has 0 aliphatic heterocycles. The van der Waals surface area contributed by atoms with Gasteiger partial charge in [-0.1, -0.05) is 6.07 Å². The first-order chi connectivity index (χ1) is 5.66. The lowest BCUT2D eigenvalue weighted by atomic mass is 10.1. The minimum Gasteiger partial charge on any atom is -0.507 e. The average Bonchev–Trinajstić information content (AvgIpc) is 2.07. The Hall–Kier alpha value is -0.540. The third-order valence-corrected chi connectivity index (χ3v) is 2.85. The lowest BCUT2D eigenvalue weighted by molar-refractivity contribution is 0.471. The monoisotopic (exact) mass is 229 g/mol. The van der Waals surface area contributed by atoms with Gasteiger partial charge in [0.2, 0.25) is 0 Å². The maximum Gasteiger partial charge on any atom is 0.130 e. The summed E-state index contributed by atoms with van der Waals surface area (Å²) in [6.07, 6.45) is 0. The summed E-state index contributed by atoms with van der Waals surface area (Å²) in [5.74, 6) is 0.298. The molecule has 0 heterocycles. The van der Waals surface area contributed by atoms with Gasteiger partial charge in [0, 0.05) is 6.54 Å². The van der Waals surface area contributed by atoms with Gasteiger partial charge in [-0.25, -0.2) is 0 Å². The molecular formula is C9H12BrNO. The number of hydrogen-bond donors (Lipinski definition) is 2. The Morgan fingerprint density at radius 2 is 2.17 bits per heavy atom. The van der Waals surface area contributed by atoms with Crippen LogP contribution in [0.1, 0.15) is 11.1 Å². The molecule has 0 saturated heterocycles. The lowest BCUT2D eigenvalue weighted by Gasteiger charge is -2.07. The highest BCUT2D eigenvalue weighted by Crippen LogP contribution is 2.29. The van der Waals surface area contributed by atoms with Crippen molar-refractivity contribution in [3.05, 3.63) is 27.7 Å². The molecule has 2 nitrogen and oxygen atoms in total. The van der Waals surface area contributed by atoms with Crippen LogP contribution >= 0.6 is 15.9 Å². The zero-order valence-electron chi connectivity index (χ0n) is 7.19. The van der Waals surface area contributed by atoms with Crippen LogP contribution < -0.4 is 5.32 Å². The van der Waals surface area contributed by atoms with E-state index in [-0.39, 0.29) is 0 Å². The van der Waals surface area contributed by atoms with Crippen molar-refractivity contribution < 1.29 is 5.11 Å². The summed E-state index contributed by atoms with van der Waals surface area (Å²) in [4.78, 5) is 0. The summed E-state index contributed by atoms with van der Waals surface area (Å²) in [6.45, 7) is 2.81. The summed E-state index contributed by atoms with van der Waals surface area (Å²) < 4.78 is 0.787. The quantitative estimate of drug-likeness (QED) is 0.816. The normalized spacial score (nSPS) is 10.2. The van der Waals surface area contributed by atoms with Crippen molar-refractivity contribution in [2.75, 3.05) is 7.05 Å². The van der Waals surface area contributed by atoms with Crippen LogP contribution in [0.2, 0.25) is 0 Å². The fraction of sp³-hybridized carbons (Fsp3) is 0.333. The molecule has 66 valence electrons. The van der Waals surface area contributed by atoms with Crippen LogP contribution in [-0.4, -0.2) is 12.2 Å². The molecular weight excluding hydrogens is 218 g/mol. The maximum absolute atomic E-state index is 9.33. The second-order valence-corrected chi connectivity index (χ2v) is 3.51. The van der Waals surface area contributed by atoms with Gasteiger partial charge < -0.3 is 10.4 Å². The number of rotatable bonds is 2. The summed E-state index contributed by atoms with van der Waals surface area (Å²) in [7, 11) is 1.90.